The minimum Gasteiger partial charge on any atom is -0.482 e. The Hall–Kier alpha value is -4.17. The van der Waals surface area contributed by atoms with Gasteiger partial charge in [-0.05, 0) is 42.0 Å². The van der Waals surface area contributed by atoms with Crippen LogP contribution in [0, 0.1) is 5.41 Å². The molecule has 0 aromatic heterocycles. The molecule has 0 heterocycles. The highest BCUT2D eigenvalue weighted by atomic mass is 35.5. The molecular formula is C25H24ClN3O5. The summed E-state index contributed by atoms with van der Waals surface area (Å²) >= 11 is 0. The monoisotopic (exact) mass is 481 g/mol. The highest BCUT2D eigenvalue weighted by Gasteiger charge is 2.23. The van der Waals surface area contributed by atoms with E-state index in [4.69, 9.17) is 21.0 Å². The zero-order valence-electron chi connectivity index (χ0n) is 18.1. The van der Waals surface area contributed by atoms with Gasteiger partial charge in [-0.2, -0.15) is 0 Å². The quantitative estimate of drug-likeness (QED) is 0.199. The van der Waals surface area contributed by atoms with Crippen molar-refractivity contribution in [2.45, 2.75) is 12.5 Å². The SMILES string of the molecule is Cl.N=C(N)c1ccc(C(=O)N[C@@H](Cc2ccccc2)C(=O)c2ccc(OCC(=O)O)cc2)cc1. The van der Waals surface area contributed by atoms with Gasteiger partial charge in [-0.15, -0.1) is 12.4 Å². The smallest absolute Gasteiger partial charge is 0.341 e. The summed E-state index contributed by atoms with van der Waals surface area (Å²) in [6.07, 6.45) is 0.286. The lowest BCUT2D eigenvalue weighted by Gasteiger charge is -2.18. The molecule has 3 rings (SSSR count). The summed E-state index contributed by atoms with van der Waals surface area (Å²) in [5.41, 5.74) is 7.52. The number of rotatable bonds is 10. The molecule has 0 bridgehead atoms. The van der Waals surface area contributed by atoms with Crippen molar-refractivity contribution in [3.8, 4) is 5.75 Å². The van der Waals surface area contributed by atoms with Gasteiger partial charge in [-0.25, -0.2) is 4.79 Å². The fraction of sp³-hybridized carbons (Fsp3) is 0.120. The van der Waals surface area contributed by atoms with Crippen LogP contribution in [0.15, 0.2) is 78.9 Å². The third kappa shape index (κ3) is 7.18. The number of benzene rings is 3. The van der Waals surface area contributed by atoms with Crippen molar-refractivity contribution in [3.05, 3.63) is 101 Å². The number of nitrogens with two attached hydrogens (primary N) is 1. The molecule has 0 spiro atoms. The Balaban J connectivity index is 0.00000408. The number of hydrogen-bond acceptors (Lipinski definition) is 5. The Bertz CT molecular complexity index is 1150. The predicted molar refractivity (Wildman–Crippen MR) is 130 cm³/mol. The van der Waals surface area contributed by atoms with E-state index in [0.717, 1.165) is 5.56 Å². The van der Waals surface area contributed by atoms with Crippen LogP contribution < -0.4 is 15.8 Å². The minimum atomic E-state index is -1.10. The second-order valence-electron chi connectivity index (χ2n) is 7.28. The normalized spacial score (nSPS) is 10.9. The van der Waals surface area contributed by atoms with Crippen molar-refractivity contribution < 1.29 is 24.2 Å². The van der Waals surface area contributed by atoms with Crippen LogP contribution in [0.2, 0.25) is 0 Å². The third-order valence-corrected chi connectivity index (χ3v) is 4.86. The number of ketones is 1. The summed E-state index contributed by atoms with van der Waals surface area (Å²) in [5.74, 6) is -1.60. The number of carbonyl (C=O) groups is 3. The molecule has 34 heavy (non-hydrogen) atoms. The highest BCUT2D eigenvalue weighted by molar-refractivity contribution is 6.05. The molecule has 0 aliphatic carbocycles. The van der Waals surface area contributed by atoms with Crippen LogP contribution in [-0.4, -0.2) is 41.3 Å². The van der Waals surface area contributed by atoms with Crippen LogP contribution in [0.25, 0.3) is 0 Å². The number of nitrogens with one attached hydrogen (secondary N) is 2. The average Bonchev–Trinajstić information content (AvgIpc) is 2.83. The lowest BCUT2D eigenvalue weighted by molar-refractivity contribution is -0.139. The first-order valence-electron chi connectivity index (χ1n) is 10.1. The van der Waals surface area contributed by atoms with Gasteiger partial charge >= 0.3 is 5.97 Å². The number of aliphatic carboxylic acids is 1. The van der Waals surface area contributed by atoms with E-state index in [1.54, 1.807) is 24.3 Å². The standard InChI is InChI=1S/C25H23N3O5.ClH/c26-24(27)18-6-8-19(9-7-18)25(32)28-21(14-16-4-2-1-3-5-16)23(31)17-10-12-20(13-11-17)33-15-22(29)30;/h1-13,21H,14-15H2,(H3,26,27)(H,28,32)(H,29,30);1H/t21-;/m0./s1. The first kappa shape index (κ1) is 26.1. The summed E-state index contributed by atoms with van der Waals surface area (Å²) < 4.78 is 5.10. The molecule has 0 aliphatic heterocycles. The number of amides is 1. The number of hydrogen-bond donors (Lipinski definition) is 4. The van der Waals surface area contributed by atoms with E-state index in [1.165, 1.54) is 24.3 Å². The number of Topliss-reactive ketones (excluding diaryl/α,β-unsaturated/α-hetero) is 1. The Kier molecular flexibility index (Phi) is 9.34. The van der Waals surface area contributed by atoms with E-state index in [9.17, 15) is 14.4 Å². The fourth-order valence-corrected chi connectivity index (χ4v) is 3.16. The van der Waals surface area contributed by atoms with Gasteiger partial charge in [-0.1, -0.05) is 42.5 Å². The largest absolute Gasteiger partial charge is 0.482 e. The van der Waals surface area contributed by atoms with Gasteiger partial charge in [0.15, 0.2) is 12.4 Å². The van der Waals surface area contributed by atoms with Crippen LogP contribution in [0.4, 0.5) is 0 Å². The first-order valence-corrected chi connectivity index (χ1v) is 10.1. The molecule has 1 amide bonds. The van der Waals surface area contributed by atoms with Crippen LogP contribution in [-0.2, 0) is 11.2 Å². The molecular weight excluding hydrogens is 458 g/mol. The molecule has 8 nitrogen and oxygen atoms in total. The maximum atomic E-state index is 13.2. The number of nitrogen functional groups attached to an aromatic ring is 1. The molecule has 0 radical (unpaired) electrons. The van der Waals surface area contributed by atoms with Crippen molar-refractivity contribution in [2.24, 2.45) is 5.73 Å². The molecule has 0 aliphatic rings. The van der Waals surface area contributed by atoms with E-state index in [-0.39, 0.29) is 30.4 Å². The van der Waals surface area contributed by atoms with E-state index in [2.05, 4.69) is 5.32 Å². The average molecular weight is 482 g/mol. The summed E-state index contributed by atoms with van der Waals surface area (Å²) in [7, 11) is 0. The second-order valence-corrected chi connectivity index (χ2v) is 7.28. The molecule has 3 aromatic carbocycles. The Labute approximate surface area is 202 Å². The third-order valence-electron chi connectivity index (χ3n) is 4.86. The van der Waals surface area contributed by atoms with Gasteiger partial charge in [0, 0.05) is 23.1 Å². The van der Waals surface area contributed by atoms with Crippen molar-refractivity contribution in [2.75, 3.05) is 6.61 Å². The van der Waals surface area contributed by atoms with Crippen molar-refractivity contribution in [3.63, 3.8) is 0 Å². The van der Waals surface area contributed by atoms with Crippen LogP contribution >= 0.6 is 12.4 Å². The first-order chi connectivity index (χ1) is 15.8. The zero-order valence-corrected chi connectivity index (χ0v) is 18.9. The van der Waals surface area contributed by atoms with Crippen molar-refractivity contribution >= 4 is 35.9 Å². The zero-order chi connectivity index (χ0) is 23.8. The van der Waals surface area contributed by atoms with E-state index < -0.39 is 24.5 Å². The molecule has 9 heteroatoms. The molecule has 176 valence electrons. The minimum absolute atomic E-state index is 0. The van der Waals surface area contributed by atoms with Gasteiger partial charge < -0.3 is 20.9 Å². The number of amidine groups is 1. The lowest BCUT2D eigenvalue weighted by atomic mass is 9.97. The van der Waals surface area contributed by atoms with Gasteiger partial charge in [0.2, 0.25) is 0 Å². The topological polar surface area (TPSA) is 143 Å². The number of carboxylic acids is 1. The molecule has 3 aromatic rings. The summed E-state index contributed by atoms with van der Waals surface area (Å²) in [6, 6.07) is 20.8. The van der Waals surface area contributed by atoms with Gasteiger partial charge in [0.25, 0.3) is 5.91 Å². The molecule has 0 unspecified atom stereocenters. The predicted octanol–water partition coefficient (Wildman–Crippen LogP) is 3.08. The Morgan fingerprint density at radius 3 is 2.00 bits per heavy atom. The second kappa shape index (κ2) is 12.2. The van der Waals surface area contributed by atoms with E-state index in [0.29, 0.717) is 22.4 Å². The van der Waals surface area contributed by atoms with Crippen molar-refractivity contribution in [1.29, 1.82) is 5.41 Å². The summed E-state index contributed by atoms with van der Waals surface area (Å²) in [4.78, 5) is 36.7. The maximum Gasteiger partial charge on any atom is 0.341 e. The van der Waals surface area contributed by atoms with Crippen LogP contribution in [0.5, 0.6) is 5.75 Å². The number of halogens is 1. The number of carboxylic acid groups (broad SMARTS) is 1. The van der Waals surface area contributed by atoms with Gasteiger partial charge in [0.1, 0.15) is 11.6 Å². The Morgan fingerprint density at radius 1 is 0.882 bits per heavy atom. The Morgan fingerprint density at radius 2 is 1.44 bits per heavy atom. The van der Waals surface area contributed by atoms with E-state index in [1.807, 2.05) is 30.3 Å². The van der Waals surface area contributed by atoms with Crippen LogP contribution in [0.3, 0.4) is 0 Å². The highest BCUT2D eigenvalue weighted by Crippen LogP contribution is 2.16. The molecule has 1 atom stereocenters. The van der Waals surface area contributed by atoms with Gasteiger partial charge in [0.05, 0.1) is 6.04 Å². The van der Waals surface area contributed by atoms with Crippen LogP contribution in [0.1, 0.15) is 31.8 Å². The van der Waals surface area contributed by atoms with E-state index >= 15 is 0 Å². The number of carbonyl (C=O) groups excluding carboxylic acids is 2. The van der Waals surface area contributed by atoms with Crippen molar-refractivity contribution in [1.82, 2.24) is 5.32 Å². The fourth-order valence-electron chi connectivity index (χ4n) is 3.16. The molecule has 5 N–H and O–H groups in total. The lowest BCUT2D eigenvalue weighted by Crippen LogP contribution is -2.42. The molecule has 0 saturated heterocycles. The summed E-state index contributed by atoms with van der Waals surface area (Å²) in [5, 5.41) is 19.0. The number of ether oxygens (including phenoxy) is 1. The van der Waals surface area contributed by atoms with Gasteiger partial charge in [-0.3, -0.25) is 15.0 Å². The molecule has 0 fully saturated rings. The molecule has 0 saturated carbocycles. The summed E-state index contributed by atoms with van der Waals surface area (Å²) in [6.45, 7) is -0.484. The maximum absolute atomic E-state index is 13.2.